The summed E-state index contributed by atoms with van der Waals surface area (Å²) in [5.41, 5.74) is 3.87. The Labute approximate surface area is 163 Å². The van der Waals surface area contributed by atoms with Gasteiger partial charge >= 0.3 is 5.97 Å². The second-order valence-corrected chi connectivity index (χ2v) is 6.51. The average molecular weight is 378 g/mol. The Balaban J connectivity index is 1.66. The minimum Gasteiger partial charge on any atom is -0.452 e. The van der Waals surface area contributed by atoms with E-state index in [1.165, 1.54) is 0 Å². The van der Waals surface area contributed by atoms with Crippen LogP contribution in [-0.4, -0.2) is 23.1 Å². The topological polar surface area (TPSA) is 81.4 Å². The Hall–Kier alpha value is -3.41. The zero-order chi connectivity index (χ0) is 20.1. The van der Waals surface area contributed by atoms with Crippen LogP contribution in [0.5, 0.6) is 0 Å². The van der Waals surface area contributed by atoms with Crippen LogP contribution in [0, 0.1) is 13.8 Å². The summed E-state index contributed by atoms with van der Waals surface area (Å²) in [6.07, 6.45) is -0.920. The molecule has 1 N–H and O–H groups in total. The van der Waals surface area contributed by atoms with Crippen LogP contribution in [0.3, 0.4) is 0 Å². The highest BCUT2D eigenvalue weighted by Gasteiger charge is 2.21. The summed E-state index contributed by atoms with van der Waals surface area (Å²) in [5.74, 6) is -0.327. The Morgan fingerprint density at radius 1 is 1.07 bits per heavy atom. The van der Waals surface area contributed by atoms with Gasteiger partial charge in [-0.1, -0.05) is 53.7 Å². The summed E-state index contributed by atoms with van der Waals surface area (Å²) in [5, 5.41) is 6.66. The second kappa shape index (κ2) is 8.52. The first-order valence-electron chi connectivity index (χ1n) is 9.02. The van der Waals surface area contributed by atoms with E-state index in [4.69, 9.17) is 9.26 Å². The number of esters is 1. The normalized spacial score (nSPS) is 11.7. The van der Waals surface area contributed by atoms with E-state index in [-0.39, 0.29) is 6.42 Å². The maximum absolute atomic E-state index is 12.5. The number of nitrogens with one attached hydrogen (secondary N) is 1. The van der Waals surface area contributed by atoms with Gasteiger partial charge in [0.05, 0.1) is 12.1 Å². The summed E-state index contributed by atoms with van der Waals surface area (Å²) in [7, 11) is 0. The predicted octanol–water partition coefficient (Wildman–Crippen LogP) is 4.07. The van der Waals surface area contributed by atoms with Crippen LogP contribution in [0.15, 0.2) is 59.1 Å². The molecule has 6 nitrogen and oxygen atoms in total. The SMILES string of the molecule is Cc1noc(C)c1CC(=O)OC(C)C(=O)Nc1ccccc1-c1ccccc1. The number of anilines is 1. The molecule has 144 valence electrons. The molecule has 3 rings (SSSR count). The maximum Gasteiger partial charge on any atom is 0.311 e. The van der Waals surface area contributed by atoms with Crippen molar-refractivity contribution >= 4 is 17.6 Å². The molecule has 0 radical (unpaired) electrons. The number of carbonyl (C=O) groups is 2. The Morgan fingerprint density at radius 2 is 1.75 bits per heavy atom. The van der Waals surface area contributed by atoms with Gasteiger partial charge in [0.1, 0.15) is 5.76 Å². The number of carbonyl (C=O) groups excluding carboxylic acids is 2. The lowest BCUT2D eigenvalue weighted by Gasteiger charge is -2.16. The molecule has 0 fully saturated rings. The van der Waals surface area contributed by atoms with E-state index >= 15 is 0 Å². The lowest BCUT2D eigenvalue weighted by Crippen LogP contribution is -2.30. The van der Waals surface area contributed by atoms with E-state index in [0.717, 1.165) is 11.1 Å². The van der Waals surface area contributed by atoms with Crippen LogP contribution < -0.4 is 5.32 Å². The molecular formula is C22H22N2O4. The van der Waals surface area contributed by atoms with Gasteiger partial charge in [-0.15, -0.1) is 0 Å². The van der Waals surface area contributed by atoms with E-state index in [0.29, 0.717) is 22.7 Å². The molecule has 0 bridgehead atoms. The molecule has 0 aliphatic heterocycles. The van der Waals surface area contributed by atoms with Crippen LogP contribution in [0.4, 0.5) is 5.69 Å². The number of para-hydroxylation sites is 1. The molecule has 1 aromatic heterocycles. The zero-order valence-electron chi connectivity index (χ0n) is 16.1. The number of aromatic nitrogens is 1. The number of amides is 1. The van der Waals surface area contributed by atoms with Crippen molar-refractivity contribution in [2.24, 2.45) is 0 Å². The first-order valence-corrected chi connectivity index (χ1v) is 9.02. The number of benzene rings is 2. The van der Waals surface area contributed by atoms with Crippen LogP contribution in [0.25, 0.3) is 11.1 Å². The zero-order valence-corrected chi connectivity index (χ0v) is 16.1. The van der Waals surface area contributed by atoms with Gasteiger partial charge in [-0.25, -0.2) is 0 Å². The fraction of sp³-hybridized carbons (Fsp3) is 0.227. The third kappa shape index (κ3) is 4.46. The molecule has 0 aliphatic carbocycles. The standard InChI is InChI=1S/C22H22N2O4/c1-14-19(15(2)28-24-14)13-21(25)27-16(3)22(26)23-20-12-8-7-11-18(20)17-9-5-4-6-10-17/h4-12,16H,13H2,1-3H3,(H,23,26). The highest BCUT2D eigenvalue weighted by Crippen LogP contribution is 2.27. The molecule has 2 aromatic carbocycles. The average Bonchev–Trinajstić information content (AvgIpc) is 3.01. The highest BCUT2D eigenvalue weighted by atomic mass is 16.5. The van der Waals surface area contributed by atoms with Crippen LogP contribution in [-0.2, 0) is 20.7 Å². The van der Waals surface area contributed by atoms with Crippen molar-refractivity contribution in [3.8, 4) is 11.1 Å². The number of hydrogen-bond donors (Lipinski definition) is 1. The number of nitrogens with zero attached hydrogens (tertiary/aromatic N) is 1. The quantitative estimate of drug-likeness (QED) is 0.654. The van der Waals surface area contributed by atoms with Crippen molar-refractivity contribution in [3.63, 3.8) is 0 Å². The minimum absolute atomic E-state index is 0.0133. The first kappa shape index (κ1) is 19.4. The van der Waals surface area contributed by atoms with Gasteiger partial charge in [-0.2, -0.15) is 0 Å². The van der Waals surface area contributed by atoms with Crippen molar-refractivity contribution in [1.29, 1.82) is 0 Å². The highest BCUT2D eigenvalue weighted by molar-refractivity contribution is 5.98. The number of rotatable bonds is 6. The van der Waals surface area contributed by atoms with Gasteiger partial charge in [-0.3, -0.25) is 9.59 Å². The molecule has 1 heterocycles. The predicted molar refractivity (Wildman–Crippen MR) is 106 cm³/mol. The van der Waals surface area contributed by atoms with Crippen molar-refractivity contribution in [2.45, 2.75) is 33.3 Å². The van der Waals surface area contributed by atoms with Crippen molar-refractivity contribution in [3.05, 3.63) is 71.6 Å². The Kier molecular flexibility index (Phi) is 5.89. The van der Waals surface area contributed by atoms with Gasteiger partial charge in [0.15, 0.2) is 6.10 Å². The fourth-order valence-corrected chi connectivity index (χ4v) is 2.89. The lowest BCUT2D eigenvalue weighted by atomic mass is 10.0. The summed E-state index contributed by atoms with van der Waals surface area (Å²) in [6.45, 7) is 5.04. The summed E-state index contributed by atoms with van der Waals surface area (Å²) in [4.78, 5) is 24.7. The van der Waals surface area contributed by atoms with E-state index in [2.05, 4.69) is 10.5 Å². The van der Waals surface area contributed by atoms with Crippen LogP contribution >= 0.6 is 0 Å². The molecule has 3 aromatic rings. The molecular weight excluding hydrogens is 356 g/mol. The smallest absolute Gasteiger partial charge is 0.311 e. The van der Waals surface area contributed by atoms with Crippen molar-refractivity contribution in [1.82, 2.24) is 5.16 Å². The fourth-order valence-electron chi connectivity index (χ4n) is 2.89. The molecule has 0 aliphatic rings. The van der Waals surface area contributed by atoms with Crippen LogP contribution in [0.1, 0.15) is 23.9 Å². The third-order valence-electron chi connectivity index (χ3n) is 4.45. The largest absolute Gasteiger partial charge is 0.452 e. The Bertz CT molecular complexity index is 960. The number of aryl methyl sites for hydroxylation is 2. The minimum atomic E-state index is -0.934. The number of ether oxygens (including phenoxy) is 1. The monoisotopic (exact) mass is 378 g/mol. The van der Waals surface area contributed by atoms with Gasteiger partial charge < -0.3 is 14.6 Å². The third-order valence-corrected chi connectivity index (χ3v) is 4.45. The van der Waals surface area contributed by atoms with E-state index in [1.54, 1.807) is 20.8 Å². The summed E-state index contributed by atoms with van der Waals surface area (Å²) < 4.78 is 10.3. The maximum atomic E-state index is 12.5. The second-order valence-electron chi connectivity index (χ2n) is 6.51. The molecule has 28 heavy (non-hydrogen) atoms. The summed E-state index contributed by atoms with van der Waals surface area (Å²) >= 11 is 0. The number of hydrogen-bond acceptors (Lipinski definition) is 5. The molecule has 6 heteroatoms. The van der Waals surface area contributed by atoms with Crippen molar-refractivity contribution in [2.75, 3.05) is 5.32 Å². The summed E-state index contributed by atoms with van der Waals surface area (Å²) in [6, 6.07) is 17.3. The van der Waals surface area contributed by atoms with E-state index in [9.17, 15) is 9.59 Å². The lowest BCUT2D eigenvalue weighted by molar-refractivity contribution is -0.152. The Morgan fingerprint density at radius 3 is 2.43 bits per heavy atom. The van der Waals surface area contributed by atoms with Crippen LogP contribution in [0.2, 0.25) is 0 Å². The molecule has 1 amide bonds. The molecule has 0 saturated heterocycles. The van der Waals surface area contributed by atoms with E-state index in [1.807, 2.05) is 54.6 Å². The van der Waals surface area contributed by atoms with Gasteiger partial charge in [-0.05, 0) is 32.4 Å². The van der Waals surface area contributed by atoms with Gasteiger partial charge in [0, 0.05) is 16.8 Å². The molecule has 0 spiro atoms. The first-order chi connectivity index (χ1) is 13.5. The van der Waals surface area contributed by atoms with Gasteiger partial charge in [0.2, 0.25) is 0 Å². The molecule has 1 unspecified atom stereocenters. The van der Waals surface area contributed by atoms with E-state index < -0.39 is 18.0 Å². The van der Waals surface area contributed by atoms with Gasteiger partial charge in [0.25, 0.3) is 5.91 Å². The molecule has 0 saturated carbocycles. The van der Waals surface area contributed by atoms with Crippen molar-refractivity contribution < 1.29 is 18.8 Å². The molecule has 1 atom stereocenters.